The normalized spacial score (nSPS) is 24.6. The van der Waals surface area contributed by atoms with Gasteiger partial charge >= 0.3 is 11.9 Å². The summed E-state index contributed by atoms with van der Waals surface area (Å²) < 4.78 is 1.39. The molecule has 0 bridgehead atoms. The largest absolute Gasteiger partial charge is 0.481 e. The zero-order chi connectivity index (χ0) is 22.1. The lowest BCUT2D eigenvalue weighted by Gasteiger charge is -2.52. The Morgan fingerprint density at radius 1 is 0.800 bits per heavy atom. The molecule has 4 saturated carbocycles. The van der Waals surface area contributed by atoms with Crippen LogP contribution in [0.5, 0.6) is 0 Å². The Balaban J connectivity index is 0.000000128. The lowest BCUT2D eigenvalue weighted by Crippen LogP contribution is -2.45. The van der Waals surface area contributed by atoms with Crippen molar-refractivity contribution in [3.63, 3.8) is 0 Å². The first-order valence-electron chi connectivity index (χ1n) is 11.2. The molecule has 1 aromatic carbocycles. The Morgan fingerprint density at radius 2 is 1.13 bits per heavy atom. The quantitative estimate of drug-likeness (QED) is 0.431. The summed E-state index contributed by atoms with van der Waals surface area (Å²) in [5, 5.41) is 17.2. The number of benzene rings is 1. The summed E-state index contributed by atoms with van der Waals surface area (Å²) in [6.45, 7) is 6.44. The van der Waals surface area contributed by atoms with Crippen molar-refractivity contribution in [2.24, 2.45) is 22.7 Å². The Hall–Kier alpha value is -1.11. The molecule has 4 fully saturated rings. The maximum atomic E-state index is 10.4. The third kappa shape index (κ3) is 5.20. The van der Waals surface area contributed by atoms with Gasteiger partial charge in [-0.3, -0.25) is 9.59 Å². The van der Waals surface area contributed by atoms with E-state index in [4.69, 9.17) is 10.2 Å². The van der Waals surface area contributed by atoms with Crippen molar-refractivity contribution in [3.8, 4) is 0 Å². The van der Waals surface area contributed by atoms with Gasteiger partial charge in [0.15, 0.2) is 0 Å². The van der Waals surface area contributed by atoms with Crippen LogP contribution in [-0.4, -0.2) is 22.2 Å². The van der Waals surface area contributed by atoms with Crippen molar-refractivity contribution in [1.82, 2.24) is 0 Å². The number of hydrogen-bond acceptors (Lipinski definition) is 2. The van der Waals surface area contributed by atoms with E-state index >= 15 is 0 Å². The topological polar surface area (TPSA) is 74.6 Å². The smallest absolute Gasteiger partial charge is 0.306 e. The first kappa shape index (κ1) is 23.6. The molecule has 166 valence electrons. The maximum Gasteiger partial charge on any atom is 0.306 e. The van der Waals surface area contributed by atoms with Gasteiger partial charge in [-0.15, -0.1) is 0 Å². The van der Waals surface area contributed by atoms with E-state index in [1.54, 1.807) is 0 Å². The lowest BCUT2D eigenvalue weighted by molar-refractivity contribution is -0.155. The van der Waals surface area contributed by atoms with Crippen LogP contribution in [0.3, 0.4) is 0 Å². The van der Waals surface area contributed by atoms with Gasteiger partial charge in [-0.25, -0.2) is 0 Å². The van der Waals surface area contributed by atoms with Gasteiger partial charge in [0.2, 0.25) is 0 Å². The van der Waals surface area contributed by atoms with Crippen molar-refractivity contribution < 1.29 is 19.8 Å². The molecule has 0 radical (unpaired) electrons. The molecule has 0 aliphatic heterocycles. The number of halogens is 1. The van der Waals surface area contributed by atoms with E-state index in [1.807, 2.05) is 0 Å². The average molecular weight is 526 g/mol. The molecule has 0 heterocycles. The van der Waals surface area contributed by atoms with Gasteiger partial charge in [0.1, 0.15) is 0 Å². The van der Waals surface area contributed by atoms with Crippen molar-refractivity contribution in [2.45, 2.75) is 85.0 Å². The number of rotatable bonds is 2. The summed E-state index contributed by atoms with van der Waals surface area (Å²) in [6, 6.07) is 4.43. The first-order chi connectivity index (χ1) is 14.0. The highest BCUT2D eigenvalue weighted by Crippen LogP contribution is 2.59. The summed E-state index contributed by atoms with van der Waals surface area (Å²) >= 11 is 2.39. The van der Waals surface area contributed by atoms with Gasteiger partial charge in [-0.05, 0) is 117 Å². The van der Waals surface area contributed by atoms with Gasteiger partial charge in [-0.2, -0.15) is 0 Å². The fourth-order valence-electron chi connectivity index (χ4n) is 5.65. The highest BCUT2D eigenvalue weighted by Gasteiger charge is 2.51. The number of carbonyl (C=O) groups is 2. The first-order valence-corrected chi connectivity index (χ1v) is 12.3. The van der Waals surface area contributed by atoms with Crippen LogP contribution in [0.4, 0.5) is 0 Å². The van der Waals surface area contributed by atoms with Crippen LogP contribution in [0, 0.1) is 47.0 Å². The molecule has 1 aromatic rings. The molecule has 2 N–H and O–H groups in total. The summed E-state index contributed by atoms with van der Waals surface area (Å²) in [4.78, 5) is 20.8. The molecule has 0 aromatic heterocycles. The van der Waals surface area contributed by atoms with E-state index in [0.29, 0.717) is 10.8 Å². The van der Waals surface area contributed by atoms with Crippen LogP contribution in [-0.2, 0) is 9.59 Å². The van der Waals surface area contributed by atoms with Crippen molar-refractivity contribution in [3.05, 3.63) is 32.4 Å². The Morgan fingerprint density at radius 3 is 1.37 bits per heavy atom. The zero-order valence-electron chi connectivity index (χ0n) is 18.5. The third-order valence-corrected chi connectivity index (χ3v) is 9.53. The Bertz CT molecular complexity index is 728. The Kier molecular flexibility index (Phi) is 7.20. The standard InChI is InChI=1S/C9H11I.2C8H12O2/c1-6-4-7(2)9(10)8(3)5-6;2*9-7(10)6-4-8(5-6)2-1-3-8/h4-5H,1-3H3;2*6H,1-5H2,(H,9,10). The van der Waals surface area contributed by atoms with Crippen molar-refractivity contribution in [2.75, 3.05) is 0 Å². The second kappa shape index (κ2) is 9.17. The van der Waals surface area contributed by atoms with E-state index in [2.05, 4.69) is 55.5 Å². The maximum absolute atomic E-state index is 10.4. The summed E-state index contributed by atoms with van der Waals surface area (Å²) in [5.74, 6) is -1.17. The van der Waals surface area contributed by atoms with Crippen LogP contribution in [0.2, 0.25) is 0 Å². The molecule has 4 nitrogen and oxygen atoms in total. The molecule has 5 heteroatoms. The minimum atomic E-state index is -0.586. The van der Waals surface area contributed by atoms with Crippen LogP contribution in [0.1, 0.15) is 80.9 Å². The SMILES string of the molecule is Cc1cc(C)c(I)c(C)c1.O=C(O)C1CC2(CCC2)C1.O=C(O)C1CC2(CCC2)C1. The van der Waals surface area contributed by atoms with E-state index in [0.717, 1.165) is 25.7 Å². The number of hydrogen-bond donors (Lipinski definition) is 2. The molecular formula is C25H35IO4. The summed E-state index contributed by atoms with van der Waals surface area (Å²) in [7, 11) is 0. The fourth-order valence-corrected chi connectivity index (χ4v) is 5.96. The van der Waals surface area contributed by atoms with E-state index in [9.17, 15) is 9.59 Å². The zero-order valence-corrected chi connectivity index (χ0v) is 20.6. The van der Waals surface area contributed by atoms with Crippen LogP contribution in [0.15, 0.2) is 12.1 Å². The van der Waals surface area contributed by atoms with Crippen LogP contribution in [0.25, 0.3) is 0 Å². The number of carboxylic acids is 2. The van der Waals surface area contributed by atoms with Crippen LogP contribution >= 0.6 is 22.6 Å². The van der Waals surface area contributed by atoms with Crippen molar-refractivity contribution >= 4 is 34.5 Å². The molecule has 4 aliphatic carbocycles. The van der Waals surface area contributed by atoms with Crippen molar-refractivity contribution in [1.29, 1.82) is 0 Å². The second-order valence-electron chi connectivity index (χ2n) is 10.3. The molecule has 0 unspecified atom stereocenters. The second-order valence-corrected chi connectivity index (χ2v) is 11.4. The van der Waals surface area contributed by atoms with E-state index in [-0.39, 0.29) is 11.8 Å². The van der Waals surface area contributed by atoms with Gasteiger partial charge in [0.05, 0.1) is 11.8 Å². The third-order valence-electron chi connectivity index (χ3n) is 7.83. The minimum Gasteiger partial charge on any atom is -0.481 e. The summed E-state index contributed by atoms with van der Waals surface area (Å²) in [6.07, 6.45) is 11.6. The number of aliphatic carboxylic acids is 2. The molecule has 2 spiro atoms. The molecule has 0 atom stereocenters. The lowest BCUT2D eigenvalue weighted by atomic mass is 9.52. The summed E-state index contributed by atoms with van der Waals surface area (Å²) in [5.41, 5.74) is 5.16. The molecule has 30 heavy (non-hydrogen) atoms. The van der Waals surface area contributed by atoms with Gasteiger partial charge in [0.25, 0.3) is 0 Å². The Labute approximate surface area is 194 Å². The number of carboxylic acid groups (broad SMARTS) is 2. The molecule has 0 saturated heterocycles. The van der Waals surface area contributed by atoms with Gasteiger partial charge in [0, 0.05) is 3.57 Å². The van der Waals surface area contributed by atoms with E-state index < -0.39 is 11.9 Å². The van der Waals surface area contributed by atoms with Crippen LogP contribution < -0.4 is 0 Å². The molecule has 5 rings (SSSR count). The minimum absolute atomic E-state index is 0.000278. The predicted octanol–water partition coefficient (Wildman–Crippen LogP) is 6.52. The number of aryl methyl sites for hydroxylation is 3. The van der Waals surface area contributed by atoms with E-state index in [1.165, 1.54) is 58.8 Å². The predicted molar refractivity (Wildman–Crippen MR) is 127 cm³/mol. The highest BCUT2D eigenvalue weighted by molar-refractivity contribution is 14.1. The average Bonchev–Trinajstić information content (AvgIpc) is 2.47. The highest BCUT2D eigenvalue weighted by atomic mass is 127. The molecule has 0 amide bonds. The molecule has 4 aliphatic rings. The molecular weight excluding hydrogens is 491 g/mol. The van der Waals surface area contributed by atoms with Gasteiger partial charge in [-0.1, -0.05) is 30.5 Å². The fraction of sp³-hybridized carbons (Fsp3) is 0.680. The van der Waals surface area contributed by atoms with Gasteiger partial charge < -0.3 is 10.2 Å². The monoisotopic (exact) mass is 526 g/mol.